The fourth-order valence-electron chi connectivity index (χ4n) is 0.316. The number of nitrogens with zero attached hydrogens (tertiary/aromatic N) is 1. The highest BCUT2D eigenvalue weighted by Crippen LogP contribution is 1.96. The highest BCUT2D eigenvalue weighted by atomic mass is 16.7. The first kappa shape index (κ1) is 9.18. The van der Waals surface area contributed by atoms with Crippen LogP contribution in [-0.4, -0.2) is 23.1 Å². The maximum atomic E-state index is 9.70. The molecule has 0 spiro atoms. The topological polar surface area (TPSA) is 105 Å². The SMILES string of the molecule is NOC(O)/C=C(/CO)N=O. The van der Waals surface area contributed by atoms with E-state index in [-0.39, 0.29) is 5.70 Å². The van der Waals surface area contributed by atoms with E-state index in [1.54, 1.807) is 0 Å². The number of hydrogen-bond donors (Lipinski definition) is 3. The molecule has 0 heterocycles. The van der Waals surface area contributed by atoms with Crippen molar-refractivity contribution in [2.24, 2.45) is 11.1 Å². The van der Waals surface area contributed by atoms with Crippen LogP contribution in [0.4, 0.5) is 0 Å². The average Bonchev–Trinajstić information content (AvgIpc) is 1.99. The van der Waals surface area contributed by atoms with E-state index in [1.165, 1.54) is 0 Å². The molecule has 0 bridgehead atoms. The van der Waals surface area contributed by atoms with Gasteiger partial charge < -0.3 is 10.2 Å². The molecule has 0 rings (SSSR count). The molecule has 0 aromatic carbocycles. The lowest BCUT2D eigenvalue weighted by atomic mass is 10.4. The normalized spacial score (nSPS) is 14.9. The molecule has 0 fully saturated rings. The second kappa shape index (κ2) is 5.00. The van der Waals surface area contributed by atoms with Gasteiger partial charge in [0.05, 0.1) is 6.61 Å². The highest BCUT2D eigenvalue weighted by Gasteiger charge is 2.00. The van der Waals surface area contributed by atoms with E-state index in [4.69, 9.17) is 10.2 Å². The molecule has 10 heavy (non-hydrogen) atoms. The van der Waals surface area contributed by atoms with Crippen molar-refractivity contribution in [1.29, 1.82) is 0 Å². The first-order valence-corrected chi connectivity index (χ1v) is 2.43. The average molecular weight is 148 g/mol. The van der Waals surface area contributed by atoms with Crippen LogP contribution < -0.4 is 5.90 Å². The molecule has 0 aliphatic rings. The molecule has 4 N–H and O–H groups in total. The number of rotatable bonds is 4. The third kappa shape index (κ3) is 3.25. The number of nitrogens with two attached hydrogens (primary N) is 1. The van der Waals surface area contributed by atoms with Crippen LogP contribution in [0.2, 0.25) is 0 Å². The van der Waals surface area contributed by atoms with Crippen LogP contribution in [0.1, 0.15) is 0 Å². The van der Waals surface area contributed by atoms with Gasteiger partial charge in [0.2, 0.25) is 0 Å². The monoisotopic (exact) mass is 148 g/mol. The van der Waals surface area contributed by atoms with Gasteiger partial charge in [-0.3, -0.25) is 4.84 Å². The summed E-state index contributed by atoms with van der Waals surface area (Å²) < 4.78 is 0. The summed E-state index contributed by atoms with van der Waals surface area (Å²) in [4.78, 5) is 13.6. The lowest BCUT2D eigenvalue weighted by Crippen LogP contribution is -2.14. The fraction of sp³-hybridized carbons (Fsp3) is 0.500. The summed E-state index contributed by atoms with van der Waals surface area (Å²) >= 11 is 0. The maximum Gasteiger partial charge on any atom is 0.195 e. The maximum absolute atomic E-state index is 9.70. The molecule has 6 nitrogen and oxygen atoms in total. The molecule has 0 amide bonds. The quantitative estimate of drug-likeness (QED) is 0.265. The van der Waals surface area contributed by atoms with Gasteiger partial charge in [0.15, 0.2) is 6.29 Å². The van der Waals surface area contributed by atoms with Crippen LogP contribution in [0, 0.1) is 4.91 Å². The van der Waals surface area contributed by atoms with Crippen molar-refractivity contribution < 1.29 is 15.1 Å². The Morgan fingerprint density at radius 2 is 2.50 bits per heavy atom. The Labute approximate surface area is 56.8 Å². The summed E-state index contributed by atoms with van der Waals surface area (Å²) in [6, 6.07) is 0. The number of nitroso groups, excluding NO2 is 1. The van der Waals surface area contributed by atoms with Crippen molar-refractivity contribution in [3.05, 3.63) is 16.7 Å². The number of hydrogen-bond acceptors (Lipinski definition) is 6. The summed E-state index contributed by atoms with van der Waals surface area (Å²) in [5.41, 5.74) is -0.224. The molecular weight excluding hydrogens is 140 g/mol. The molecule has 1 unspecified atom stereocenters. The van der Waals surface area contributed by atoms with Crippen molar-refractivity contribution in [3.63, 3.8) is 0 Å². The molecule has 0 aliphatic heterocycles. The standard InChI is InChI=1S/C4H8N2O4/c5-10-4(8)1-3(2-7)6-9/h1,4,7-8H,2,5H2/b3-1-. The van der Waals surface area contributed by atoms with Gasteiger partial charge in [-0.25, -0.2) is 5.90 Å². The minimum atomic E-state index is -1.40. The Balaban J connectivity index is 3.95. The third-order valence-electron chi connectivity index (χ3n) is 0.754. The summed E-state index contributed by atoms with van der Waals surface area (Å²) in [5, 5.41) is 19.2. The third-order valence-corrected chi connectivity index (χ3v) is 0.754. The van der Waals surface area contributed by atoms with Crippen molar-refractivity contribution in [2.45, 2.75) is 6.29 Å². The zero-order chi connectivity index (χ0) is 7.98. The van der Waals surface area contributed by atoms with Crippen molar-refractivity contribution >= 4 is 0 Å². The Morgan fingerprint density at radius 1 is 1.90 bits per heavy atom. The van der Waals surface area contributed by atoms with E-state index in [0.29, 0.717) is 0 Å². The van der Waals surface area contributed by atoms with Crippen LogP contribution in [0.15, 0.2) is 16.9 Å². The van der Waals surface area contributed by atoms with Crippen LogP contribution in [0.3, 0.4) is 0 Å². The number of aliphatic hydroxyl groups excluding tert-OH is 2. The van der Waals surface area contributed by atoms with Crippen molar-refractivity contribution in [2.75, 3.05) is 6.61 Å². The molecule has 0 radical (unpaired) electrons. The van der Waals surface area contributed by atoms with Crippen LogP contribution >= 0.6 is 0 Å². The predicted octanol–water partition coefficient (Wildman–Crippen LogP) is -1.16. The van der Waals surface area contributed by atoms with E-state index < -0.39 is 12.9 Å². The van der Waals surface area contributed by atoms with Gasteiger partial charge in [-0.2, -0.15) is 0 Å². The fourth-order valence-corrected chi connectivity index (χ4v) is 0.316. The van der Waals surface area contributed by atoms with Gasteiger partial charge in [0, 0.05) is 6.08 Å². The minimum absolute atomic E-state index is 0.224. The lowest BCUT2D eigenvalue weighted by molar-refractivity contribution is -0.0670. The molecule has 6 heteroatoms. The van der Waals surface area contributed by atoms with Crippen LogP contribution in [0.5, 0.6) is 0 Å². The number of aliphatic hydroxyl groups is 2. The summed E-state index contributed by atoms with van der Waals surface area (Å²) in [6.07, 6.45) is -0.507. The highest BCUT2D eigenvalue weighted by molar-refractivity contribution is 5.00. The first-order valence-electron chi connectivity index (χ1n) is 2.43. The molecule has 0 aromatic rings. The zero-order valence-electron chi connectivity index (χ0n) is 5.10. The molecule has 1 atom stereocenters. The Morgan fingerprint density at radius 3 is 2.80 bits per heavy atom. The molecule has 58 valence electrons. The van der Waals surface area contributed by atoms with E-state index in [1.807, 2.05) is 0 Å². The van der Waals surface area contributed by atoms with E-state index in [2.05, 4.69) is 15.9 Å². The van der Waals surface area contributed by atoms with Gasteiger partial charge in [0.25, 0.3) is 0 Å². The molecule has 0 aliphatic carbocycles. The van der Waals surface area contributed by atoms with Gasteiger partial charge in [-0.1, -0.05) is 0 Å². The zero-order valence-corrected chi connectivity index (χ0v) is 5.10. The Bertz CT molecular complexity index is 135. The predicted molar refractivity (Wildman–Crippen MR) is 32.2 cm³/mol. The van der Waals surface area contributed by atoms with Crippen molar-refractivity contribution in [1.82, 2.24) is 0 Å². The summed E-state index contributed by atoms with van der Waals surface area (Å²) in [7, 11) is 0. The van der Waals surface area contributed by atoms with E-state index in [0.717, 1.165) is 6.08 Å². The largest absolute Gasteiger partial charge is 0.390 e. The lowest BCUT2D eigenvalue weighted by Gasteiger charge is -1.99. The Hall–Kier alpha value is -0.820. The van der Waals surface area contributed by atoms with Crippen LogP contribution in [0.25, 0.3) is 0 Å². The molecule has 0 saturated carbocycles. The van der Waals surface area contributed by atoms with E-state index in [9.17, 15) is 4.91 Å². The second-order valence-electron chi connectivity index (χ2n) is 1.43. The van der Waals surface area contributed by atoms with Gasteiger partial charge in [0.1, 0.15) is 5.70 Å². The van der Waals surface area contributed by atoms with E-state index >= 15 is 0 Å². The summed E-state index contributed by atoms with van der Waals surface area (Å²) in [5.74, 6) is 4.51. The van der Waals surface area contributed by atoms with Gasteiger partial charge in [-0.15, -0.1) is 4.91 Å². The second-order valence-corrected chi connectivity index (χ2v) is 1.43. The van der Waals surface area contributed by atoms with Crippen molar-refractivity contribution in [3.8, 4) is 0 Å². The Kier molecular flexibility index (Phi) is 4.59. The molecular formula is C4H8N2O4. The van der Waals surface area contributed by atoms with Crippen LogP contribution in [-0.2, 0) is 4.84 Å². The first-order chi connectivity index (χ1) is 4.74. The molecule has 0 aromatic heterocycles. The molecule has 0 saturated heterocycles. The summed E-state index contributed by atoms with van der Waals surface area (Å²) in [6.45, 7) is -0.552. The van der Waals surface area contributed by atoms with Gasteiger partial charge >= 0.3 is 0 Å². The van der Waals surface area contributed by atoms with Gasteiger partial charge in [-0.05, 0) is 5.18 Å². The minimum Gasteiger partial charge on any atom is -0.390 e. The smallest absolute Gasteiger partial charge is 0.195 e.